The molecule has 1 spiro atoms. The van der Waals surface area contributed by atoms with Gasteiger partial charge in [0, 0.05) is 22.5 Å². The zero-order valence-electron chi connectivity index (χ0n) is 22.0. The van der Waals surface area contributed by atoms with Gasteiger partial charge in [0.2, 0.25) is 0 Å². The Bertz CT molecular complexity index is 1240. The molecule has 3 atom stereocenters. The molecule has 1 amide bonds. The SMILES string of the molecule is CC(C)=CCCC(C)=CCN1C(=O)[C@]2(O[C@H](COc3ccccc3)CC3=CCCC32)c2c(Br)cccc21. The molecule has 37 heavy (non-hydrogen) atoms. The molecule has 2 heterocycles. The largest absolute Gasteiger partial charge is 0.491 e. The highest BCUT2D eigenvalue weighted by atomic mass is 79.9. The number of benzene rings is 2. The molecule has 0 saturated carbocycles. The molecular formula is C32H36BrNO3. The minimum atomic E-state index is -1.02. The maximum absolute atomic E-state index is 14.4. The van der Waals surface area contributed by atoms with Crippen LogP contribution in [0.15, 0.2) is 88.0 Å². The second kappa shape index (κ2) is 11.0. The number of ether oxygens (including phenoxy) is 2. The molecule has 1 fully saturated rings. The first kappa shape index (κ1) is 26.0. The Balaban J connectivity index is 1.45. The van der Waals surface area contributed by atoms with Crippen molar-refractivity contribution < 1.29 is 14.3 Å². The molecular weight excluding hydrogens is 526 g/mol. The molecule has 0 bridgehead atoms. The van der Waals surface area contributed by atoms with Crippen LogP contribution in [0.3, 0.4) is 0 Å². The number of hydrogen-bond donors (Lipinski definition) is 0. The molecule has 5 rings (SSSR count). The standard InChI is InChI=1S/C32H36BrNO3/c1-22(2)10-7-11-23(3)18-19-34-29-17-9-16-28(33)30(29)32(31(34)35)27-15-8-12-24(27)20-26(37-32)21-36-25-13-5-4-6-14-25/h4-6,9-10,12-14,16-18,26-27H,7-8,11,15,19-21H2,1-3H3/t26-,27?,32+/m0/s1. The summed E-state index contributed by atoms with van der Waals surface area (Å²) >= 11 is 3.80. The summed E-state index contributed by atoms with van der Waals surface area (Å²) in [5, 5.41) is 0. The van der Waals surface area contributed by atoms with E-state index >= 15 is 0 Å². The van der Waals surface area contributed by atoms with Crippen molar-refractivity contribution in [2.45, 2.75) is 64.6 Å². The number of nitrogens with zero attached hydrogens (tertiary/aromatic N) is 1. The van der Waals surface area contributed by atoms with Crippen molar-refractivity contribution in [2.75, 3.05) is 18.1 Å². The second-order valence-corrected chi connectivity index (χ2v) is 11.5. The molecule has 2 aromatic rings. The van der Waals surface area contributed by atoms with Crippen LogP contribution in [0.2, 0.25) is 0 Å². The van der Waals surface area contributed by atoms with Gasteiger partial charge in [-0.15, -0.1) is 0 Å². The highest BCUT2D eigenvalue weighted by molar-refractivity contribution is 9.10. The number of hydrogen-bond acceptors (Lipinski definition) is 3. The lowest BCUT2D eigenvalue weighted by Gasteiger charge is -2.44. The Hall–Kier alpha value is -2.63. The molecule has 0 aromatic heterocycles. The molecule has 0 radical (unpaired) electrons. The van der Waals surface area contributed by atoms with E-state index in [1.54, 1.807) is 0 Å². The normalized spacial score (nSPS) is 24.6. The molecule has 4 nitrogen and oxygen atoms in total. The number of fused-ring (bicyclic) bond motifs is 4. The van der Waals surface area contributed by atoms with Gasteiger partial charge in [-0.2, -0.15) is 0 Å². The summed E-state index contributed by atoms with van der Waals surface area (Å²) < 4.78 is 13.9. The van der Waals surface area contributed by atoms with Crippen LogP contribution in [0.4, 0.5) is 5.69 Å². The summed E-state index contributed by atoms with van der Waals surface area (Å²) in [6, 6.07) is 15.9. The van der Waals surface area contributed by atoms with Crippen LogP contribution in [0.1, 0.15) is 58.4 Å². The fourth-order valence-electron chi connectivity index (χ4n) is 5.98. The maximum atomic E-state index is 14.4. The summed E-state index contributed by atoms with van der Waals surface area (Å²) in [4.78, 5) is 16.4. The number of halogens is 1. The molecule has 1 saturated heterocycles. The highest BCUT2D eigenvalue weighted by Gasteiger charge is 2.61. The molecule has 5 heteroatoms. The molecule has 3 aliphatic rings. The average Bonchev–Trinajstić information content (AvgIpc) is 3.45. The zero-order chi connectivity index (χ0) is 26.0. The van der Waals surface area contributed by atoms with Crippen LogP contribution >= 0.6 is 15.9 Å². The van der Waals surface area contributed by atoms with Gasteiger partial charge in [0.1, 0.15) is 12.4 Å². The number of amides is 1. The first-order valence-corrected chi connectivity index (χ1v) is 14.1. The third kappa shape index (κ3) is 5.08. The van der Waals surface area contributed by atoms with Gasteiger partial charge in [-0.05, 0) is 77.1 Å². The van der Waals surface area contributed by atoms with E-state index in [1.807, 2.05) is 47.4 Å². The smallest absolute Gasteiger partial charge is 0.264 e. The van der Waals surface area contributed by atoms with Gasteiger partial charge in [0.25, 0.3) is 5.91 Å². The van der Waals surface area contributed by atoms with Crippen LogP contribution < -0.4 is 9.64 Å². The van der Waals surface area contributed by atoms with Crippen LogP contribution in [-0.2, 0) is 15.1 Å². The topological polar surface area (TPSA) is 38.8 Å². The van der Waals surface area contributed by atoms with Crippen LogP contribution in [-0.4, -0.2) is 25.2 Å². The van der Waals surface area contributed by atoms with Crippen molar-refractivity contribution in [2.24, 2.45) is 5.92 Å². The third-order valence-electron chi connectivity index (χ3n) is 7.73. The Labute approximate surface area is 229 Å². The average molecular weight is 563 g/mol. The fourth-order valence-corrected chi connectivity index (χ4v) is 6.63. The van der Waals surface area contributed by atoms with E-state index < -0.39 is 5.60 Å². The first-order chi connectivity index (χ1) is 17.9. The predicted molar refractivity (Wildman–Crippen MR) is 153 cm³/mol. The van der Waals surface area contributed by atoms with E-state index in [4.69, 9.17) is 9.47 Å². The lowest BCUT2D eigenvalue weighted by atomic mass is 9.74. The Morgan fingerprint density at radius 1 is 1.14 bits per heavy atom. The van der Waals surface area contributed by atoms with Gasteiger partial charge in [-0.1, -0.05) is 75.1 Å². The number of anilines is 1. The van der Waals surface area contributed by atoms with Crippen LogP contribution in [0.5, 0.6) is 5.75 Å². The highest BCUT2D eigenvalue weighted by Crippen LogP contribution is 2.58. The lowest BCUT2D eigenvalue weighted by Crippen LogP contribution is -2.53. The summed E-state index contributed by atoms with van der Waals surface area (Å²) in [5.41, 5.74) is 4.86. The summed E-state index contributed by atoms with van der Waals surface area (Å²) in [5.74, 6) is 0.917. The Morgan fingerprint density at radius 3 is 2.73 bits per heavy atom. The third-order valence-corrected chi connectivity index (χ3v) is 8.39. The van der Waals surface area contributed by atoms with E-state index in [0.29, 0.717) is 13.2 Å². The number of carbonyl (C=O) groups is 1. The second-order valence-electron chi connectivity index (χ2n) is 10.6. The molecule has 194 valence electrons. The fraction of sp³-hybridized carbons (Fsp3) is 0.406. The Kier molecular flexibility index (Phi) is 7.73. The van der Waals surface area contributed by atoms with Crippen molar-refractivity contribution in [3.05, 3.63) is 93.5 Å². The number of para-hydroxylation sites is 1. The monoisotopic (exact) mass is 561 g/mol. The van der Waals surface area contributed by atoms with Crippen molar-refractivity contribution in [3.8, 4) is 5.75 Å². The van der Waals surface area contributed by atoms with E-state index in [-0.39, 0.29) is 17.9 Å². The van der Waals surface area contributed by atoms with Gasteiger partial charge in [0.05, 0.1) is 11.8 Å². The maximum Gasteiger partial charge on any atom is 0.264 e. The van der Waals surface area contributed by atoms with E-state index in [0.717, 1.165) is 53.6 Å². The van der Waals surface area contributed by atoms with Gasteiger partial charge >= 0.3 is 0 Å². The summed E-state index contributed by atoms with van der Waals surface area (Å²) in [7, 11) is 0. The van der Waals surface area contributed by atoms with E-state index in [9.17, 15) is 4.79 Å². The molecule has 1 aliphatic carbocycles. The van der Waals surface area contributed by atoms with Crippen LogP contribution in [0.25, 0.3) is 0 Å². The molecule has 2 aliphatic heterocycles. The van der Waals surface area contributed by atoms with Crippen molar-refractivity contribution in [1.29, 1.82) is 0 Å². The first-order valence-electron chi connectivity index (χ1n) is 13.3. The van der Waals surface area contributed by atoms with Crippen molar-refractivity contribution in [3.63, 3.8) is 0 Å². The van der Waals surface area contributed by atoms with Crippen molar-refractivity contribution >= 4 is 27.5 Å². The van der Waals surface area contributed by atoms with Crippen LogP contribution in [0, 0.1) is 5.92 Å². The predicted octanol–water partition coefficient (Wildman–Crippen LogP) is 7.89. The molecule has 0 N–H and O–H groups in total. The minimum Gasteiger partial charge on any atom is -0.491 e. The summed E-state index contributed by atoms with van der Waals surface area (Å²) in [6.45, 7) is 7.37. The van der Waals surface area contributed by atoms with Gasteiger partial charge in [-0.3, -0.25) is 4.79 Å². The number of rotatable bonds is 8. The summed E-state index contributed by atoms with van der Waals surface area (Å²) in [6.07, 6.45) is 11.3. The minimum absolute atomic E-state index is 0.0463. The van der Waals surface area contributed by atoms with E-state index in [2.05, 4.69) is 61.0 Å². The lowest BCUT2D eigenvalue weighted by molar-refractivity contribution is -0.174. The zero-order valence-corrected chi connectivity index (χ0v) is 23.6. The number of allylic oxidation sites excluding steroid dienone is 4. The van der Waals surface area contributed by atoms with Gasteiger partial charge < -0.3 is 14.4 Å². The van der Waals surface area contributed by atoms with Gasteiger partial charge in [0.15, 0.2) is 5.60 Å². The molecule has 1 unspecified atom stereocenters. The molecule has 2 aromatic carbocycles. The number of carbonyl (C=O) groups excluding carboxylic acids is 1. The Morgan fingerprint density at radius 2 is 1.95 bits per heavy atom. The van der Waals surface area contributed by atoms with Crippen molar-refractivity contribution in [1.82, 2.24) is 0 Å². The van der Waals surface area contributed by atoms with Gasteiger partial charge in [-0.25, -0.2) is 0 Å². The quantitative estimate of drug-likeness (QED) is 0.307. The van der Waals surface area contributed by atoms with E-state index in [1.165, 1.54) is 16.7 Å².